The van der Waals surface area contributed by atoms with Crippen molar-refractivity contribution in [2.45, 2.75) is 39.5 Å². The highest BCUT2D eigenvalue weighted by molar-refractivity contribution is 5.69. The first-order chi connectivity index (χ1) is 10.6. The number of pyridine rings is 1. The van der Waals surface area contributed by atoms with Gasteiger partial charge in [0.1, 0.15) is 0 Å². The molecule has 2 rings (SSSR count). The van der Waals surface area contributed by atoms with Crippen molar-refractivity contribution in [3.8, 4) is 0 Å². The molecule has 0 spiro atoms. The zero-order valence-electron chi connectivity index (χ0n) is 13.3. The molecule has 116 valence electrons. The van der Waals surface area contributed by atoms with Crippen LogP contribution in [-0.4, -0.2) is 17.6 Å². The molecule has 0 aliphatic heterocycles. The Morgan fingerprint density at radius 2 is 1.91 bits per heavy atom. The van der Waals surface area contributed by atoms with E-state index in [1.54, 1.807) is 0 Å². The average Bonchev–Trinajstić information content (AvgIpc) is 2.50. The Balaban J connectivity index is 1.63. The number of hydrogen-bond donors (Lipinski definition) is 0. The van der Waals surface area contributed by atoms with Gasteiger partial charge >= 0.3 is 5.97 Å². The fraction of sp³-hybridized carbons (Fsp3) is 0.368. The molecule has 0 atom stereocenters. The van der Waals surface area contributed by atoms with Crippen LogP contribution in [0.1, 0.15) is 35.4 Å². The van der Waals surface area contributed by atoms with E-state index in [9.17, 15) is 4.79 Å². The molecule has 0 radical (unpaired) electrons. The molecule has 0 fully saturated rings. The summed E-state index contributed by atoms with van der Waals surface area (Å²) in [5.74, 6) is -0.126. The van der Waals surface area contributed by atoms with Crippen molar-refractivity contribution < 1.29 is 9.53 Å². The van der Waals surface area contributed by atoms with Crippen molar-refractivity contribution in [1.29, 1.82) is 0 Å². The molecule has 1 aromatic carbocycles. The third-order valence-corrected chi connectivity index (χ3v) is 3.49. The summed E-state index contributed by atoms with van der Waals surface area (Å²) in [6.45, 7) is 4.50. The first kappa shape index (κ1) is 16.2. The van der Waals surface area contributed by atoms with Crippen molar-refractivity contribution in [3.63, 3.8) is 0 Å². The Labute approximate surface area is 132 Å². The van der Waals surface area contributed by atoms with Crippen LogP contribution in [0.4, 0.5) is 0 Å². The van der Waals surface area contributed by atoms with Crippen LogP contribution >= 0.6 is 0 Å². The van der Waals surface area contributed by atoms with E-state index in [1.165, 1.54) is 11.1 Å². The Kier molecular flexibility index (Phi) is 6.13. The van der Waals surface area contributed by atoms with Crippen LogP contribution in [0.5, 0.6) is 0 Å². The van der Waals surface area contributed by atoms with E-state index in [1.807, 2.05) is 37.3 Å². The lowest BCUT2D eigenvalue weighted by Crippen LogP contribution is -2.08. The normalized spacial score (nSPS) is 10.5. The van der Waals surface area contributed by atoms with Crippen molar-refractivity contribution in [3.05, 3.63) is 65.0 Å². The third kappa shape index (κ3) is 5.68. The molecule has 2 aromatic rings. The van der Waals surface area contributed by atoms with Gasteiger partial charge in [0, 0.05) is 17.8 Å². The Morgan fingerprint density at radius 1 is 1.09 bits per heavy atom. The van der Waals surface area contributed by atoms with Crippen LogP contribution in [0.25, 0.3) is 0 Å². The van der Waals surface area contributed by atoms with Gasteiger partial charge in [-0.15, -0.1) is 0 Å². The summed E-state index contributed by atoms with van der Waals surface area (Å²) in [5, 5.41) is 0. The Morgan fingerprint density at radius 3 is 2.68 bits per heavy atom. The number of aromatic nitrogens is 1. The standard InChI is InChI=1S/C19H23NO2/c1-15-6-3-8-17(14-15)11-12-19(21)22-13-5-10-18-9-4-7-16(2)20-18/h3-4,6-9,14H,5,10-13H2,1-2H3. The maximum absolute atomic E-state index is 11.7. The summed E-state index contributed by atoms with van der Waals surface area (Å²) >= 11 is 0. The number of carbonyl (C=O) groups excluding carboxylic acids is 1. The van der Waals surface area contributed by atoms with Gasteiger partial charge in [-0.05, 0) is 50.8 Å². The Bertz CT molecular complexity index is 622. The van der Waals surface area contributed by atoms with E-state index in [2.05, 4.69) is 24.0 Å². The number of hydrogen-bond acceptors (Lipinski definition) is 3. The molecular weight excluding hydrogens is 274 g/mol. The molecule has 3 heteroatoms. The van der Waals surface area contributed by atoms with Crippen molar-refractivity contribution >= 4 is 5.97 Å². The molecule has 0 saturated heterocycles. The second kappa shape index (κ2) is 8.32. The number of ether oxygens (including phenoxy) is 1. The highest BCUT2D eigenvalue weighted by Gasteiger charge is 2.04. The fourth-order valence-corrected chi connectivity index (χ4v) is 2.36. The molecule has 0 unspecified atom stereocenters. The van der Waals surface area contributed by atoms with Crippen LogP contribution in [-0.2, 0) is 22.4 Å². The topological polar surface area (TPSA) is 39.2 Å². The Hall–Kier alpha value is -2.16. The fourth-order valence-electron chi connectivity index (χ4n) is 2.36. The lowest BCUT2D eigenvalue weighted by molar-refractivity contribution is -0.143. The molecule has 0 bridgehead atoms. The highest BCUT2D eigenvalue weighted by atomic mass is 16.5. The largest absolute Gasteiger partial charge is 0.466 e. The number of esters is 1. The zero-order valence-corrected chi connectivity index (χ0v) is 13.3. The minimum Gasteiger partial charge on any atom is -0.466 e. The van der Waals surface area contributed by atoms with Gasteiger partial charge in [-0.25, -0.2) is 0 Å². The molecule has 0 saturated carbocycles. The summed E-state index contributed by atoms with van der Waals surface area (Å²) < 4.78 is 5.28. The number of rotatable bonds is 7. The van der Waals surface area contributed by atoms with E-state index in [4.69, 9.17) is 4.74 Å². The summed E-state index contributed by atoms with van der Waals surface area (Å²) in [6, 6.07) is 14.2. The number of aryl methyl sites for hydroxylation is 4. The van der Waals surface area contributed by atoms with Crippen LogP contribution < -0.4 is 0 Å². The summed E-state index contributed by atoms with van der Waals surface area (Å²) in [5.41, 5.74) is 4.47. The quantitative estimate of drug-likeness (QED) is 0.576. The number of carbonyl (C=O) groups is 1. The van der Waals surface area contributed by atoms with Gasteiger partial charge < -0.3 is 4.74 Å². The number of benzene rings is 1. The lowest BCUT2D eigenvalue weighted by Gasteiger charge is -2.06. The zero-order chi connectivity index (χ0) is 15.8. The third-order valence-electron chi connectivity index (χ3n) is 3.49. The number of nitrogens with zero attached hydrogens (tertiary/aromatic N) is 1. The van der Waals surface area contributed by atoms with E-state index < -0.39 is 0 Å². The van der Waals surface area contributed by atoms with Gasteiger partial charge in [-0.2, -0.15) is 0 Å². The van der Waals surface area contributed by atoms with Gasteiger partial charge in [0.2, 0.25) is 0 Å². The summed E-state index contributed by atoms with van der Waals surface area (Å²) in [7, 11) is 0. The monoisotopic (exact) mass is 297 g/mol. The molecule has 3 nitrogen and oxygen atoms in total. The molecule has 22 heavy (non-hydrogen) atoms. The molecular formula is C19H23NO2. The van der Waals surface area contributed by atoms with Crippen LogP contribution in [0, 0.1) is 13.8 Å². The average molecular weight is 297 g/mol. The molecule has 0 N–H and O–H groups in total. The summed E-state index contributed by atoms with van der Waals surface area (Å²) in [6.07, 6.45) is 2.82. The maximum atomic E-state index is 11.7. The predicted octanol–water partition coefficient (Wildman–Crippen LogP) is 3.81. The molecule has 1 heterocycles. The van der Waals surface area contributed by atoms with Gasteiger partial charge in [-0.1, -0.05) is 35.9 Å². The SMILES string of the molecule is Cc1cccc(CCC(=O)OCCCc2cccc(C)n2)c1. The van der Waals surface area contributed by atoms with Crippen LogP contribution in [0.3, 0.4) is 0 Å². The minimum absolute atomic E-state index is 0.126. The van der Waals surface area contributed by atoms with Crippen LogP contribution in [0.15, 0.2) is 42.5 Å². The smallest absolute Gasteiger partial charge is 0.306 e. The molecule has 0 aliphatic rings. The first-order valence-electron chi connectivity index (χ1n) is 7.77. The van der Waals surface area contributed by atoms with E-state index in [-0.39, 0.29) is 5.97 Å². The predicted molar refractivity (Wildman–Crippen MR) is 87.8 cm³/mol. The van der Waals surface area contributed by atoms with Gasteiger partial charge in [0.25, 0.3) is 0 Å². The second-order valence-corrected chi connectivity index (χ2v) is 5.58. The van der Waals surface area contributed by atoms with Crippen molar-refractivity contribution in [2.75, 3.05) is 6.61 Å². The maximum Gasteiger partial charge on any atom is 0.306 e. The van der Waals surface area contributed by atoms with Gasteiger partial charge in [0.15, 0.2) is 0 Å². The van der Waals surface area contributed by atoms with E-state index in [0.717, 1.165) is 30.7 Å². The van der Waals surface area contributed by atoms with Crippen LogP contribution in [0.2, 0.25) is 0 Å². The molecule has 0 aliphatic carbocycles. The molecule has 1 aromatic heterocycles. The van der Waals surface area contributed by atoms with Crippen molar-refractivity contribution in [2.24, 2.45) is 0 Å². The second-order valence-electron chi connectivity index (χ2n) is 5.58. The highest BCUT2D eigenvalue weighted by Crippen LogP contribution is 2.07. The van der Waals surface area contributed by atoms with Crippen molar-refractivity contribution in [1.82, 2.24) is 4.98 Å². The van der Waals surface area contributed by atoms with Gasteiger partial charge in [-0.3, -0.25) is 9.78 Å². The van der Waals surface area contributed by atoms with E-state index >= 15 is 0 Å². The van der Waals surface area contributed by atoms with E-state index in [0.29, 0.717) is 13.0 Å². The summed E-state index contributed by atoms with van der Waals surface area (Å²) in [4.78, 5) is 16.2. The minimum atomic E-state index is -0.126. The lowest BCUT2D eigenvalue weighted by atomic mass is 10.1. The first-order valence-corrected chi connectivity index (χ1v) is 7.77. The van der Waals surface area contributed by atoms with Gasteiger partial charge in [0.05, 0.1) is 6.61 Å². The molecule has 0 amide bonds.